The lowest BCUT2D eigenvalue weighted by Gasteiger charge is -2.39. The summed E-state index contributed by atoms with van der Waals surface area (Å²) in [6, 6.07) is 5.75. The van der Waals surface area contributed by atoms with E-state index in [-0.39, 0.29) is 11.7 Å². The SMILES string of the molecule is O=C(NCC1CC2CCCC(C2)C1)c1ccc(F)cc1. The lowest BCUT2D eigenvalue weighted by molar-refractivity contribution is 0.0915. The molecule has 2 nitrogen and oxygen atoms in total. The van der Waals surface area contributed by atoms with E-state index in [1.165, 1.54) is 50.7 Å². The van der Waals surface area contributed by atoms with E-state index in [1.54, 1.807) is 12.1 Å². The Morgan fingerprint density at radius 1 is 1.10 bits per heavy atom. The van der Waals surface area contributed by atoms with Crippen molar-refractivity contribution in [2.45, 2.75) is 38.5 Å². The first-order chi connectivity index (χ1) is 9.70. The number of hydrogen-bond acceptors (Lipinski definition) is 1. The van der Waals surface area contributed by atoms with Crippen LogP contribution in [0, 0.1) is 23.6 Å². The first kappa shape index (κ1) is 13.6. The van der Waals surface area contributed by atoms with Crippen LogP contribution in [-0.2, 0) is 0 Å². The molecule has 2 saturated carbocycles. The molecule has 3 rings (SSSR count). The summed E-state index contributed by atoms with van der Waals surface area (Å²) in [6.45, 7) is 0.767. The van der Waals surface area contributed by atoms with Crippen molar-refractivity contribution in [2.75, 3.05) is 6.54 Å². The van der Waals surface area contributed by atoms with Gasteiger partial charge in [-0.25, -0.2) is 4.39 Å². The highest BCUT2D eigenvalue weighted by Crippen LogP contribution is 2.42. The molecule has 0 spiro atoms. The molecule has 1 N–H and O–H groups in total. The average Bonchev–Trinajstić information content (AvgIpc) is 2.45. The summed E-state index contributed by atoms with van der Waals surface area (Å²) < 4.78 is 12.8. The van der Waals surface area contributed by atoms with Crippen LogP contribution in [0.15, 0.2) is 24.3 Å². The number of carbonyl (C=O) groups is 1. The third kappa shape index (κ3) is 3.20. The molecule has 2 aliphatic rings. The number of rotatable bonds is 3. The number of benzene rings is 1. The molecule has 2 unspecified atom stereocenters. The van der Waals surface area contributed by atoms with E-state index >= 15 is 0 Å². The van der Waals surface area contributed by atoms with Crippen molar-refractivity contribution >= 4 is 5.91 Å². The minimum Gasteiger partial charge on any atom is -0.352 e. The summed E-state index contributed by atoms with van der Waals surface area (Å²) in [7, 11) is 0. The summed E-state index contributed by atoms with van der Waals surface area (Å²) in [5.41, 5.74) is 0.544. The molecular weight excluding hydrogens is 253 g/mol. The zero-order valence-corrected chi connectivity index (χ0v) is 11.8. The molecule has 2 aliphatic carbocycles. The van der Waals surface area contributed by atoms with Gasteiger partial charge in [-0.05, 0) is 61.3 Å². The Morgan fingerprint density at radius 2 is 1.75 bits per heavy atom. The molecule has 1 amide bonds. The molecule has 0 aliphatic heterocycles. The third-order valence-corrected chi connectivity index (χ3v) is 4.88. The van der Waals surface area contributed by atoms with Crippen LogP contribution in [0.4, 0.5) is 4.39 Å². The van der Waals surface area contributed by atoms with E-state index in [1.807, 2.05) is 0 Å². The molecule has 3 heteroatoms. The van der Waals surface area contributed by atoms with Crippen LogP contribution in [0.3, 0.4) is 0 Å². The Kier molecular flexibility index (Phi) is 4.04. The molecule has 1 aromatic rings. The number of nitrogens with one attached hydrogen (secondary N) is 1. The van der Waals surface area contributed by atoms with Gasteiger partial charge < -0.3 is 5.32 Å². The normalized spacial score (nSPS) is 28.9. The number of halogens is 1. The molecular formula is C17H22FNO. The fourth-order valence-electron chi connectivity index (χ4n) is 3.98. The largest absolute Gasteiger partial charge is 0.352 e. The van der Waals surface area contributed by atoms with Crippen molar-refractivity contribution in [3.8, 4) is 0 Å². The van der Waals surface area contributed by atoms with Crippen LogP contribution in [0.5, 0.6) is 0 Å². The second-order valence-electron chi connectivity index (χ2n) is 6.45. The molecule has 2 atom stereocenters. The van der Waals surface area contributed by atoms with Gasteiger partial charge in [0.1, 0.15) is 5.82 Å². The average molecular weight is 275 g/mol. The maximum atomic E-state index is 12.8. The van der Waals surface area contributed by atoms with E-state index in [9.17, 15) is 9.18 Å². The van der Waals surface area contributed by atoms with E-state index in [0.717, 1.165) is 18.4 Å². The predicted octanol–water partition coefficient (Wildman–Crippen LogP) is 3.77. The van der Waals surface area contributed by atoms with Crippen molar-refractivity contribution in [3.05, 3.63) is 35.6 Å². The van der Waals surface area contributed by atoms with Crippen LogP contribution in [0.25, 0.3) is 0 Å². The topological polar surface area (TPSA) is 29.1 Å². The predicted molar refractivity (Wildman–Crippen MR) is 76.9 cm³/mol. The first-order valence-electron chi connectivity index (χ1n) is 7.74. The lowest BCUT2D eigenvalue weighted by Crippen LogP contribution is -2.35. The molecule has 0 radical (unpaired) electrons. The van der Waals surface area contributed by atoms with Crippen LogP contribution in [0.2, 0.25) is 0 Å². The van der Waals surface area contributed by atoms with Gasteiger partial charge in [0.15, 0.2) is 0 Å². The smallest absolute Gasteiger partial charge is 0.251 e. The van der Waals surface area contributed by atoms with E-state index in [2.05, 4.69) is 5.32 Å². The lowest BCUT2D eigenvalue weighted by atomic mass is 9.68. The van der Waals surface area contributed by atoms with Crippen LogP contribution < -0.4 is 5.32 Å². The Bertz CT molecular complexity index is 458. The zero-order valence-electron chi connectivity index (χ0n) is 11.8. The van der Waals surface area contributed by atoms with Crippen molar-refractivity contribution in [1.29, 1.82) is 0 Å². The van der Waals surface area contributed by atoms with Gasteiger partial charge in [0.2, 0.25) is 0 Å². The van der Waals surface area contributed by atoms with Gasteiger partial charge in [0.05, 0.1) is 0 Å². The van der Waals surface area contributed by atoms with Crippen LogP contribution in [0.1, 0.15) is 48.9 Å². The minimum atomic E-state index is -0.304. The molecule has 20 heavy (non-hydrogen) atoms. The van der Waals surface area contributed by atoms with Crippen molar-refractivity contribution in [1.82, 2.24) is 5.32 Å². The molecule has 0 saturated heterocycles. The van der Waals surface area contributed by atoms with Gasteiger partial charge >= 0.3 is 0 Å². The summed E-state index contributed by atoms with van der Waals surface area (Å²) in [6.07, 6.45) is 8.07. The quantitative estimate of drug-likeness (QED) is 0.894. The molecule has 0 aromatic heterocycles. The van der Waals surface area contributed by atoms with Gasteiger partial charge in [0, 0.05) is 12.1 Å². The number of amides is 1. The number of carbonyl (C=O) groups excluding carboxylic acids is 1. The highest BCUT2D eigenvalue weighted by atomic mass is 19.1. The Morgan fingerprint density at radius 3 is 2.40 bits per heavy atom. The highest BCUT2D eigenvalue weighted by molar-refractivity contribution is 5.94. The third-order valence-electron chi connectivity index (χ3n) is 4.88. The zero-order chi connectivity index (χ0) is 13.9. The fraction of sp³-hybridized carbons (Fsp3) is 0.588. The number of hydrogen-bond donors (Lipinski definition) is 1. The van der Waals surface area contributed by atoms with Gasteiger partial charge in [-0.1, -0.05) is 19.3 Å². The first-order valence-corrected chi connectivity index (χ1v) is 7.74. The summed E-state index contributed by atoms with van der Waals surface area (Å²) >= 11 is 0. The highest BCUT2D eigenvalue weighted by Gasteiger charge is 2.31. The van der Waals surface area contributed by atoms with E-state index < -0.39 is 0 Å². The standard InChI is InChI=1S/C17H22FNO/c18-16-6-4-15(5-7-16)17(20)19-11-14-9-12-2-1-3-13(8-12)10-14/h4-7,12-14H,1-3,8-11H2,(H,19,20). The monoisotopic (exact) mass is 275 g/mol. The second kappa shape index (κ2) is 5.94. The maximum Gasteiger partial charge on any atom is 0.251 e. The molecule has 2 fully saturated rings. The second-order valence-corrected chi connectivity index (χ2v) is 6.45. The van der Waals surface area contributed by atoms with Gasteiger partial charge in [0.25, 0.3) is 5.91 Å². The summed E-state index contributed by atoms with van der Waals surface area (Å²) in [5.74, 6) is 2.01. The molecule has 108 valence electrons. The van der Waals surface area contributed by atoms with Crippen LogP contribution in [-0.4, -0.2) is 12.5 Å². The van der Waals surface area contributed by atoms with Gasteiger partial charge in [-0.15, -0.1) is 0 Å². The minimum absolute atomic E-state index is 0.0827. The Balaban J connectivity index is 1.51. The number of fused-ring (bicyclic) bond motifs is 2. The van der Waals surface area contributed by atoms with Crippen molar-refractivity contribution < 1.29 is 9.18 Å². The summed E-state index contributed by atoms with van der Waals surface area (Å²) in [5, 5.41) is 3.02. The van der Waals surface area contributed by atoms with Crippen molar-refractivity contribution in [3.63, 3.8) is 0 Å². The Labute approximate surface area is 119 Å². The molecule has 0 heterocycles. The maximum absolute atomic E-state index is 12.8. The molecule has 2 bridgehead atoms. The van der Waals surface area contributed by atoms with Crippen LogP contribution >= 0.6 is 0 Å². The van der Waals surface area contributed by atoms with Gasteiger partial charge in [-0.3, -0.25) is 4.79 Å². The van der Waals surface area contributed by atoms with E-state index in [0.29, 0.717) is 11.5 Å². The fourth-order valence-corrected chi connectivity index (χ4v) is 3.98. The van der Waals surface area contributed by atoms with Crippen molar-refractivity contribution in [2.24, 2.45) is 17.8 Å². The van der Waals surface area contributed by atoms with Gasteiger partial charge in [-0.2, -0.15) is 0 Å². The van der Waals surface area contributed by atoms with E-state index in [4.69, 9.17) is 0 Å². The Hall–Kier alpha value is -1.38. The summed E-state index contributed by atoms with van der Waals surface area (Å²) in [4.78, 5) is 12.0. The molecule has 1 aromatic carbocycles.